The van der Waals surface area contributed by atoms with Crippen LogP contribution in [0.2, 0.25) is 0 Å². The van der Waals surface area contributed by atoms with E-state index in [0.717, 1.165) is 18.1 Å². The number of allylic oxidation sites excluding steroid dienone is 1. The van der Waals surface area contributed by atoms with Crippen LogP contribution in [0.1, 0.15) is 44.2 Å². The molecule has 2 aliphatic rings. The molecule has 2 nitrogen and oxygen atoms in total. The minimum atomic E-state index is 0.606. The highest BCUT2D eigenvalue weighted by Gasteiger charge is 2.24. The Hall–Kier alpha value is -1.71. The van der Waals surface area contributed by atoms with Gasteiger partial charge in [0.2, 0.25) is 0 Å². The summed E-state index contributed by atoms with van der Waals surface area (Å²) in [6.07, 6.45) is 8.69. The molecule has 0 unspecified atom stereocenters. The largest absolute Gasteiger partial charge is 0.497 e. The van der Waals surface area contributed by atoms with E-state index in [0.29, 0.717) is 11.2 Å². The van der Waals surface area contributed by atoms with Crippen molar-refractivity contribution in [3.05, 3.63) is 71.3 Å². The Morgan fingerprint density at radius 3 is 2.58 bits per heavy atom. The summed E-state index contributed by atoms with van der Waals surface area (Å²) in [5.41, 5.74) is 4.52. The fourth-order valence-electron chi connectivity index (χ4n) is 4.97. The maximum absolute atomic E-state index is 5.48. The molecule has 2 aromatic carbocycles. The van der Waals surface area contributed by atoms with Crippen LogP contribution in [0.15, 0.2) is 65.1 Å². The topological polar surface area (TPSA) is 12.5 Å². The second kappa shape index (κ2) is 10.7. The second-order valence-corrected chi connectivity index (χ2v) is 10.7. The van der Waals surface area contributed by atoms with Gasteiger partial charge in [0.1, 0.15) is 5.75 Å². The van der Waals surface area contributed by atoms with Crippen molar-refractivity contribution in [2.75, 3.05) is 26.7 Å². The quantitative estimate of drug-likeness (QED) is 0.472. The molecule has 0 radical (unpaired) electrons. The number of likely N-dealkylation sites (tertiary alicyclic amines) is 1. The number of piperidine rings is 1. The van der Waals surface area contributed by atoms with Crippen molar-refractivity contribution in [1.29, 1.82) is 0 Å². The molecule has 0 aromatic heterocycles. The van der Waals surface area contributed by atoms with E-state index in [-0.39, 0.29) is 0 Å². The van der Waals surface area contributed by atoms with Gasteiger partial charge in [-0.05, 0) is 86.4 Å². The van der Waals surface area contributed by atoms with Gasteiger partial charge in [-0.25, -0.2) is 0 Å². The second-order valence-electron chi connectivity index (χ2n) is 9.30. The Bertz CT molecular complexity index is 870. The number of thioether (sulfide) groups is 1. The van der Waals surface area contributed by atoms with Gasteiger partial charge in [-0.1, -0.05) is 55.8 Å². The first-order chi connectivity index (χ1) is 15.1. The Morgan fingerprint density at radius 1 is 1.06 bits per heavy atom. The van der Waals surface area contributed by atoms with Crippen molar-refractivity contribution in [3.63, 3.8) is 0 Å². The van der Waals surface area contributed by atoms with E-state index < -0.39 is 0 Å². The van der Waals surface area contributed by atoms with Crippen LogP contribution in [-0.2, 0) is 12.8 Å². The van der Waals surface area contributed by atoms with Crippen LogP contribution in [-0.4, -0.2) is 36.9 Å². The highest BCUT2D eigenvalue weighted by molar-refractivity contribution is 8.00. The summed E-state index contributed by atoms with van der Waals surface area (Å²) >= 11 is 2.02. The van der Waals surface area contributed by atoms with Gasteiger partial charge >= 0.3 is 0 Å². The molecule has 0 saturated carbocycles. The standard InChI is InChI=1S/C28H37NOS/c1-21-22(2)31-28-12-11-27(30-3)20-26(28)19-25(21)10-7-15-29-16-13-24(14-17-29)18-23-8-5-4-6-9-23/h4-6,8-12,20-22,24H,7,13-19H2,1-3H3/b25-10+/t21-,22+/m0/s1. The van der Waals surface area contributed by atoms with E-state index in [4.69, 9.17) is 4.74 Å². The predicted octanol–water partition coefficient (Wildman–Crippen LogP) is 6.64. The van der Waals surface area contributed by atoms with Crippen LogP contribution in [0.3, 0.4) is 0 Å². The molecule has 4 rings (SSSR count). The summed E-state index contributed by atoms with van der Waals surface area (Å²) in [6, 6.07) is 17.6. The first kappa shape index (κ1) is 22.5. The van der Waals surface area contributed by atoms with E-state index >= 15 is 0 Å². The highest BCUT2D eigenvalue weighted by Crippen LogP contribution is 2.40. The number of fused-ring (bicyclic) bond motifs is 1. The van der Waals surface area contributed by atoms with Crippen LogP contribution in [0, 0.1) is 11.8 Å². The molecule has 0 aliphatic carbocycles. The van der Waals surface area contributed by atoms with Crippen molar-refractivity contribution >= 4 is 11.8 Å². The lowest BCUT2D eigenvalue weighted by molar-refractivity contribution is 0.186. The summed E-state index contributed by atoms with van der Waals surface area (Å²) < 4.78 is 5.48. The Morgan fingerprint density at radius 2 is 1.84 bits per heavy atom. The Labute approximate surface area is 193 Å². The Kier molecular flexibility index (Phi) is 7.79. The molecule has 0 amide bonds. The third-order valence-electron chi connectivity index (χ3n) is 7.19. The average Bonchev–Trinajstić information content (AvgIpc) is 2.91. The van der Waals surface area contributed by atoms with E-state index in [1.54, 1.807) is 12.7 Å². The predicted molar refractivity (Wildman–Crippen MR) is 133 cm³/mol. The zero-order valence-corrected chi connectivity index (χ0v) is 20.2. The lowest BCUT2D eigenvalue weighted by Crippen LogP contribution is -2.34. The van der Waals surface area contributed by atoms with Gasteiger partial charge in [0, 0.05) is 16.7 Å². The average molecular weight is 436 g/mol. The molecule has 1 fully saturated rings. The summed E-state index contributed by atoms with van der Waals surface area (Å²) in [4.78, 5) is 4.10. The van der Waals surface area contributed by atoms with E-state index in [1.807, 2.05) is 11.8 Å². The van der Waals surface area contributed by atoms with Crippen molar-refractivity contribution in [2.24, 2.45) is 11.8 Å². The van der Waals surface area contributed by atoms with Gasteiger partial charge in [0.05, 0.1) is 7.11 Å². The highest BCUT2D eigenvalue weighted by atomic mass is 32.2. The van der Waals surface area contributed by atoms with Crippen molar-refractivity contribution in [2.45, 2.75) is 56.1 Å². The minimum Gasteiger partial charge on any atom is -0.497 e. The summed E-state index contributed by atoms with van der Waals surface area (Å²) in [5.74, 6) is 2.43. The number of ether oxygens (including phenoxy) is 1. The molecular formula is C28H37NOS. The van der Waals surface area contributed by atoms with Gasteiger partial charge in [0.15, 0.2) is 0 Å². The number of rotatable bonds is 6. The van der Waals surface area contributed by atoms with Crippen LogP contribution < -0.4 is 4.74 Å². The molecule has 0 spiro atoms. The van der Waals surface area contributed by atoms with Crippen LogP contribution in [0.4, 0.5) is 0 Å². The zero-order valence-electron chi connectivity index (χ0n) is 19.3. The SMILES string of the molecule is COc1ccc2c(c1)C/C(=C\CCN1CCC(Cc3ccccc3)CC1)[C@@H](C)[C@@H](C)S2. The lowest BCUT2D eigenvalue weighted by Gasteiger charge is -2.32. The number of nitrogens with zero attached hydrogens (tertiary/aromatic N) is 1. The molecule has 0 bridgehead atoms. The van der Waals surface area contributed by atoms with Gasteiger partial charge in [-0.15, -0.1) is 11.8 Å². The molecule has 2 atom stereocenters. The molecule has 31 heavy (non-hydrogen) atoms. The molecule has 166 valence electrons. The first-order valence-corrected chi connectivity index (χ1v) is 12.8. The van der Waals surface area contributed by atoms with Gasteiger partial charge in [-0.2, -0.15) is 0 Å². The van der Waals surface area contributed by atoms with Crippen LogP contribution in [0.25, 0.3) is 0 Å². The fourth-order valence-corrected chi connectivity index (χ4v) is 6.18. The normalized spacial score (nSPS) is 24.0. The monoisotopic (exact) mass is 435 g/mol. The Balaban J connectivity index is 1.31. The number of benzene rings is 2. The maximum atomic E-state index is 5.48. The molecule has 1 saturated heterocycles. The van der Waals surface area contributed by atoms with Crippen molar-refractivity contribution in [1.82, 2.24) is 4.90 Å². The number of methoxy groups -OCH3 is 1. The molecule has 0 N–H and O–H groups in total. The summed E-state index contributed by atoms with van der Waals surface area (Å²) in [5, 5.41) is 0.606. The maximum Gasteiger partial charge on any atom is 0.119 e. The smallest absolute Gasteiger partial charge is 0.119 e. The lowest BCUT2D eigenvalue weighted by atomic mass is 9.90. The number of hydrogen-bond donors (Lipinski definition) is 0. The molecule has 2 aliphatic heterocycles. The van der Waals surface area contributed by atoms with Gasteiger partial charge in [0.25, 0.3) is 0 Å². The van der Waals surface area contributed by atoms with Crippen LogP contribution >= 0.6 is 11.8 Å². The third-order valence-corrected chi connectivity index (χ3v) is 8.62. The number of hydrogen-bond acceptors (Lipinski definition) is 3. The van der Waals surface area contributed by atoms with E-state index in [1.165, 1.54) is 61.3 Å². The van der Waals surface area contributed by atoms with Crippen molar-refractivity contribution < 1.29 is 4.74 Å². The van der Waals surface area contributed by atoms with Crippen LogP contribution in [0.5, 0.6) is 5.75 Å². The first-order valence-electron chi connectivity index (χ1n) is 11.9. The molecule has 3 heteroatoms. The summed E-state index contributed by atoms with van der Waals surface area (Å²) in [7, 11) is 1.76. The van der Waals surface area contributed by atoms with E-state index in [9.17, 15) is 0 Å². The van der Waals surface area contributed by atoms with E-state index in [2.05, 4.69) is 73.4 Å². The third kappa shape index (κ3) is 5.96. The van der Waals surface area contributed by atoms with Crippen molar-refractivity contribution in [3.8, 4) is 5.75 Å². The van der Waals surface area contributed by atoms with Gasteiger partial charge < -0.3 is 9.64 Å². The fraction of sp³-hybridized carbons (Fsp3) is 0.500. The molecule has 2 heterocycles. The molecular weight excluding hydrogens is 398 g/mol. The summed E-state index contributed by atoms with van der Waals surface area (Å²) in [6.45, 7) is 8.48. The zero-order chi connectivity index (χ0) is 21.6. The minimum absolute atomic E-state index is 0.606. The van der Waals surface area contributed by atoms with Gasteiger partial charge in [-0.3, -0.25) is 0 Å². The molecule has 2 aromatic rings.